The van der Waals surface area contributed by atoms with Gasteiger partial charge in [0, 0.05) is 61.0 Å². The molecule has 1 aromatic heterocycles. The number of benzene rings is 6. The molecule has 0 bridgehead atoms. The van der Waals surface area contributed by atoms with Crippen molar-refractivity contribution in [2.45, 2.75) is 64.7 Å². The van der Waals surface area contributed by atoms with E-state index in [1.807, 2.05) is 107 Å². The van der Waals surface area contributed by atoms with Gasteiger partial charge in [-0.25, -0.2) is 10.1 Å². The molecule has 2 saturated heterocycles. The maximum Gasteiger partial charge on any atom is 0.300 e. The largest absolute Gasteiger partial charge is 0.364 e. The fraction of sp³-hybridized carbons (Fsp3) is 0.263. The lowest BCUT2D eigenvalue weighted by atomic mass is 9.77. The van der Waals surface area contributed by atoms with Crippen LogP contribution in [0.25, 0.3) is 16.2 Å². The van der Waals surface area contributed by atoms with Crippen molar-refractivity contribution < 1.29 is 4.79 Å². The number of allylic oxidation sites excluding steroid dienone is 1. The molecule has 7 aromatic rings. The highest BCUT2D eigenvalue weighted by atomic mass is 35.5. The van der Waals surface area contributed by atoms with Crippen LogP contribution in [0.2, 0.25) is 5.02 Å². The smallest absolute Gasteiger partial charge is 0.300 e. The number of halogens is 1. The second-order valence-corrected chi connectivity index (χ2v) is 18.5. The number of piperidine rings is 1. The molecule has 12 heteroatoms. The van der Waals surface area contributed by atoms with E-state index in [1.165, 1.54) is 30.4 Å². The average molecular weight is 932 g/mol. The first-order valence-electron chi connectivity index (χ1n) is 23.7. The third-order valence-corrected chi connectivity index (χ3v) is 13.5. The molecule has 2 aliphatic heterocycles. The number of carbonyl (C=O) groups is 1. The molecule has 1 amide bonds. The van der Waals surface area contributed by atoms with Crippen LogP contribution in [0.15, 0.2) is 163 Å². The number of aromatic nitrogens is 4. The molecule has 0 unspecified atom stereocenters. The molecule has 0 atom stereocenters. The van der Waals surface area contributed by atoms with E-state index in [1.54, 1.807) is 4.80 Å². The number of carbonyl (C=O) groups excluding carboxylic acids is 1. The van der Waals surface area contributed by atoms with Crippen molar-refractivity contribution >= 4 is 23.2 Å². The summed E-state index contributed by atoms with van der Waals surface area (Å²) in [6.45, 7) is 17.5. The van der Waals surface area contributed by atoms with Crippen LogP contribution >= 0.6 is 11.6 Å². The van der Waals surface area contributed by atoms with Gasteiger partial charge >= 0.3 is 5.70 Å². The van der Waals surface area contributed by atoms with E-state index in [4.69, 9.17) is 28.5 Å². The van der Waals surface area contributed by atoms with E-state index < -0.39 is 5.54 Å². The highest BCUT2D eigenvalue weighted by Crippen LogP contribution is 2.43. The Hall–Kier alpha value is -7.57. The zero-order chi connectivity index (χ0) is 47.7. The van der Waals surface area contributed by atoms with Gasteiger partial charge in [0.05, 0.1) is 19.2 Å². The van der Waals surface area contributed by atoms with Gasteiger partial charge in [0.2, 0.25) is 11.7 Å². The monoisotopic (exact) mass is 930 g/mol. The van der Waals surface area contributed by atoms with E-state index in [2.05, 4.69) is 94.3 Å². The number of amides is 1. The topological polar surface area (TPSA) is 102 Å². The Morgan fingerprint density at radius 2 is 1.41 bits per heavy atom. The van der Waals surface area contributed by atoms with Crippen LogP contribution in [0.5, 0.6) is 0 Å². The van der Waals surface area contributed by atoms with Gasteiger partial charge in [0.25, 0.3) is 0 Å². The first-order chi connectivity index (χ1) is 33.7. The summed E-state index contributed by atoms with van der Waals surface area (Å²) in [6.07, 6.45) is 3.85. The molecule has 0 saturated carbocycles. The minimum atomic E-state index is -1.04. The minimum absolute atomic E-state index is 0.0379. The van der Waals surface area contributed by atoms with Crippen LogP contribution in [-0.4, -0.2) is 73.5 Å². The van der Waals surface area contributed by atoms with Gasteiger partial charge in [-0.1, -0.05) is 163 Å². The number of likely N-dealkylation sites (tertiary alicyclic amines) is 1. The van der Waals surface area contributed by atoms with Crippen molar-refractivity contribution in [3.63, 3.8) is 0 Å². The fourth-order valence-electron chi connectivity index (χ4n) is 10.1. The predicted molar refractivity (Wildman–Crippen MR) is 271 cm³/mol. The Kier molecular flexibility index (Phi) is 14.3. The Morgan fingerprint density at radius 1 is 0.739 bits per heavy atom. The first kappa shape index (κ1) is 46.5. The molecule has 69 heavy (non-hydrogen) atoms. The zero-order valence-electron chi connectivity index (χ0n) is 39.2. The standard InChI is InChI=1S/C57H55ClN10O/c1-42-34-43(2)36-46(35-42)40-66-33-32-65(56(66)53(38-59)60-3)31-28-54(69)67(50-21-15-16-45(37-50)39-64-29-13-6-14-30-64)41-44-24-26-47(27-25-44)55-61-63-68(62-55)57(48-17-7-4-8-18-48,49-19-9-5-10-20-49)51-22-11-12-23-52(51)58/h4-5,7-12,15-27,34-37H,6,13-14,28-33,39-41H2,1-2H3/b56-53+. The Morgan fingerprint density at radius 3 is 2.07 bits per heavy atom. The molecule has 0 spiro atoms. The second-order valence-electron chi connectivity index (χ2n) is 18.1. The highest BCUT2D eigenvalue weighted by molar-refractivity contribution is 6.31. The molecule has 0 N–H and O–H groups in total. The van der Waals surface area contributed by atoms with Crippen molar-refractivity contribution in [2.75, 3.05) is 37.6 Å². The molecule has 11 nitrogen and oxygen atoms in total. The summed E-state index contributed by atoms with van der Waals surface area (Å²) in [6, 6.07) is 52.9. The van der Waals surface area contributed by atoms with Gasteiger partial charge in [-0.3, -0.25) is 9.69 Å². The number of aryl methyl sites for hydroxylation is 2. The summed E-state index contributed by atoms with van der Waals surface area (Å²) < 4.78 is 0. The van der Waals surface area contributed by atoms with E-state index in [9.17, 15) is 10.1 Å². The molecular weight excluding hydrogens is 876 g/mol. The van der Waals surface area contributed by atoms with Crippen molar-refractivity contribution in [3.8, 4) is 17.5 Å². The van der Waals surface area contributed by atoms with Crippen molar-refractivity contribution in [1.29, 1.82) is 5.26 Å². The number of nitriles is 1. The number of rotatable bonds is 15. The van der Waals surface area contributed by atoms with Crippen LogP contribution in [0.1, 0.15) is 70.2 Å². The summed E-state index contributed by atoms with van der Waals surface area (Å²) >= 11 is 7.04. The van der Waals surface area contributed by atoms with E-state index in [-0.39, 0.29) is 18.0 Å². The summed E-state index contributed by atoms with van der Waals surface area (Å²) in [4.78, 5) is 28.5. The maximum atomic E-state index is 14.7. The predicted octanol–water partition coefficient (Wildman–Crippen LogP) is 10.8. The lowest BCUT2D eigenvalue weighted by Crippen LogP contribution is -2.40. The van der Waals surface area contributed by atoms with Gasteiger partial charge in [0.15, 0.2) is 5.54 Å². The number of hydrogen-bond donors (Lipinski definition) is 0. The second kappa shape index (κ2) is 21.2. The number of tetrazole rings is 1. The van der Waals surface area contributed by atoms with Gasteiger partial charge in [-0.2, -0.15) is 0 Å². The number of anilines is 1. The first-order valence-corrected chi connectivity index (χ1v) is 24.1. The maximum absolute atomic E-state index is 14.7. The number of hydrogen-bond acceptors (Lipinski definition) is 8. The quantitative estimate of drug-likeness (QED) is 0.0569. The zero-order valence-corrected chi connectivity index (χ0v) is 39.9. The summed E-state index contributed by atoms with van der Waals surface area (Å²) in [7, 11) is 0. The molecule has 2 aliphatic rings. The molecule has 346 valence electrons. The molecular formula is C57H55ClN10O. The Bertz CT molecular complexity index is 2950. The Labute approximate surface area is 410 Å². The average Bonchev–Trinajstić information content (AvgIpc) is 4.03. The summed E-state index contributed by atoms with van der Waals surface area (Å²) in [5.41, 5.74) is 8.82. The number of nitrogens with zero attached hydrogens (tertiary/aromatic N) is 10. The van der Waals surface area contributed by atoms with Gasteiger partial charge < -0.3 is 14.7 Å². The van der Waals surface area contributed by atoms with Crippen LogP contribution < -0.4 is 4.90 Å². The van der Waals surface area contributed by atoms with Crippen molar-refractivity contribution in [3.05, 3.63) is 224 Å². The normalized spacial score (nSPS) is 14.9. The van der Waals surface area contributed by atoms with E-state index >= 15 is 0 Å². The minimum Gasteiger partial charge on any atom is -0.364 e. The fourth-order valence-corrected chi connectivity index (χ4v) is 10.3. The molecule has 2 fully saturated rings. The molecule has 0 radical (unpaired) electrons. The van der Waals surface area contributed by atoms with Crippen LogP contribution in [0, 0.1) is 31.8 Å². The summed E-state index contributed by atoms with van der Waals surface area (Å²) in [5, 5.41) is 25.2. The van der Waals surface area contributed by atoms with Crippen LogP contribution in [0.3, 0.4) is 0 Å². The SMILES string of the molecule is [C-]#[N+]/C(C#N)=C1\N(CCC(=O)N(Cc2ccc(-c3nnn(C(c4ccccc4)(c4ccccc4)c4ccccc4Cl)n3)cc2)c2cccc(CN3CCCCC3)c2)CCN1Cc1cc(C)cc(C)c1. The van der Waals surface area contributed by atoms with Crippen LogP contribution in [-0.2, 0) is 30.0 Å². The lowest BCUT2D eigenvalue weighted by molar-refractivity contribution is -0.119. The molecule has 0 aliphatic carbocycles. The van der Waals surface area contributed by atoms with Gasteiger partial charge in [-0.15, -0.1) is 15.0 Å². The van der Waals surface area contributed by atoms with Crippen LogP contribution in [0.4, 0.5) is 5.69 Å². The summed E-state index contributed by atoms with van der Waals surface area (Å²) in [5.74, 6) is 0.984. The van der Waals surface area contributed by atoms with E-state index in [0.29, 0.717) is 49.4 Å². The Balaban J connectivity index is 1.00. The van der Waals surface area contributed by atoms with E-state index in [0.717, 1.165) is 64.3 Å². The van der Waals surface area contributed by atoms with Crippen molar-refractivity contribution in [2.24, 2.45) is 0 Å². The lowest BCUT2D eigenvalue weighted by Gasteiger charge is -2.34. The van der Waals surface area contributed by atoms with Crippen molar-refractivity contribution in [1.82, 2.24) is 34.9 Å². The van der Waals surface area contributed by atoms with Gasteiger partial charge in [0.1, 0.15) is 5.82 Å². The van der Waals surface area contributed by atoms with Gasteiger partial charge in [-0.05, 0) is 91.0 Å². The molecule has 9 rings (SSSR count). The third-order valence-electron chi connectivity index (χ3n) is 13.2. The molecule has 3 heterocycles. The molecule has 6 aromatic carbocycles. The highest BCUT2D eigenvalue weighted by Gasteiger charge is 2.43. The third kappa shape index (κ3) is 10.2.